The van der Waals surface area contributed by atoms with Gasteiger partial charge in [0.05, 0.1) is 6.10 Å². The Morgan fingerprint density at radius 2 is 1.86 bits per heavy atom. The van der Waals surface area contributed by atoms with Crippen molar-refractivity contribution >= 4 is 34.2 Å². The first-order valence-corrected chi connectivity index (χ1v) is 9.75. The predicted octanol–water partition coefficient (Wildman–Crippen LogP) is 4.50. The first kappa shape index (κ1) is 17.2. The number of nitrogens with zero attached hydrogens (tertiary/aromatic N) is 1. The minimum absolute atomic E-state index is 0.0116. The zero-order valence-electron chi connectivity index (χ0n) is 14.0. The Morgan fingerprint density at radius 1 is 1.27 bits per heavy atom. The van der Waals surface area contributed by atoms with Gasteiger partial charge in [-0.1, -0.05) is 18.6 Å². The van der Waals surface area contributed by atoms with Crippen LogP contribution in [0.15, 0.2) is 21.3 Å². The lowest BCUT2D eigenvalue weighted by atomic mass is 9.46. The van der Waals surface area contributed by atoms with Gasteiger partial charge < -0.3 is 10.0 Å². The van der Waals surface area contributed by atoms with E-state index in [0.29, 0.717) is 0 Å². The van der Waals surface area contributed by atoms with Gasteiger partial charge in [0.2, 0.25) is 0 Å². The number of fused-ring (bicyclic) bond motifs is 3. The zero-order chi connectivity index (χ0) is 16.3. The number of allylic oxidation sites excluding steroid dienone is 2. The molecule has 4 heteroatoms. The minimum Gasteiger partial charge on any atom is -0.387 e. The van der Waals surface area contributed by atoms with E-state index in [2.05, 4.69) is 67.6 Å². The fourth-order valence-corrected chi connectivity index (χ4v) is 7.18. The Kier molecular flexibility index (Phi) is 4.29. The molecule has 2 nitrogen and oxygen atoms in total. The second-order valence-corrected chi connectivity index (χ2v) is 9.82. The van der Waals surface area contributed by atoms with E-state index in [1.165, 1.54) is 18.4 Å². The summed E-state index contributed by atoms with van der Waals surface area (Å²) >= 11 is 9.29. The Labute approximate surface area is 153 Å². The number of aliphatic hydroxyl groups is 1. The smallest absolute Gasteiger partial charge is 0.0940 e. The SMILES string of the molecule is CC1=CC(C)(C23CCC(N(C)C)(CC2)CC3Cl)C(O)C(I)=C1. The molecule has 0 aromatic heterocycles. The molecule has 4 aliphatic rings. The van der Waals surface area contributed by atoms with E-state index in [1.807, 2.05) is 0 Å². The average Bonchev–Trinajstić information content (AvgIpc) is 2.45. The van der Waals surface area contributed by atoms with Crippen LogP contribution in [0, 0.1) is 10.8 Å². The number of aliphatic hydroxyl groups excluding tert-OH is 1. The summed E-state index contributed by atoms with van der Waals surface area (Å²) in [6, 6.07) is 0. The molecule has 0 spiro atoms. The maximum atomic E-state index is 11.0. The fourth-order valence-electron chi connectivity index (χ4n) is 5.31. The summed E-state index contributed by atoms with van der Waals surface area (Å²) in [6.07, 6.45) is 9.62. The molecule has 3 unspecified atom stereocenters. The van der Waals surface area contributed by atoms with Gasteiger partial charge in [-0.15, -0.1) is 11.6 Å². The summed E-state index contributed by atoms with van der Waals surface area (Å²) in [7, 11) is 4.38. The highest BCUT2D eigenvalue weighted by Gasteiger charge is 2.63. The molecule has 0 amide bonds. The molecular weight excluding hydrogens is 409 g/mol. The second kappa shape index (κ2) is 5.47. The number of rotatable bonds is 2. The van der Waals surface area contributed by atoms with Crippen LogP contribution in [0.1, 0.15) is 46.0 Å². The molecule has 0 aromatic rings. The molecule has 3 saturated carbocycles. The predicted molar refractivity (Wildman–Crippen MR) is 102 cm³/mol. The van der Waals surface area contributed by atoms with E-state index in [9.17, 15) is 5.11 Å². The van der Waals surface area contributed by atoms with Crippen LogP contribution in [-0.2, 0) is 0 Å². The molecule has 2 bridgehead atoms. The summed E-state index contributed by atoms with van der Waals surface area (Å²) < 4.78 is 1.05. The van der Waals surface area contributed by atoms with Gasteiger partial charge in [0, 0.05) is 19.9 Å². The molecule has 0 aromatic carbocycles. The number of hydrogen-bond acceptors (Lipinski definition) is 2. The van der Waals surface area contributed by atoms with Crippen LogP contribution in [0.4, 0.5) is 0 Å². The van der Waals surface area contributed by atoms with Crippen molar-refractivity contribution in [3.63, 3.8) is 0 Å². The molecule has 0 aliphatic heterocycles. The number of alkyl halides is 1. The van der Waals surface area contributed by atoms with E-state index in [4.69, 9.17) is 11.6 Å². The van der Waals surface area contributed by atoms with Gasteiger partial charge in [0.15, 0.2) is 0 Å². The van der Waals surface area contributed by atoms with E-state index in [-0.39, 0.29) is 21.7 Å². The zero-order valence-corrected chi connectivity index (χ0v) is 16.9. The quantitative estimate of drug-likeness (QED) is 0.510. The van der Waals surface area contributed by atoms with Gasteiger partial charge in [-0.25, -0.2) is 0 Å². The number of halogens is 2. The largest absolute Gasteiger partial charge is 0.387 e. The summed E-state index contributed by atoms with van der Waals surface area (Å²) in [5, 5.41) is 11.1. The topological polar surface area (TPSA) is 23.5 Å². The van der Waals surface area contributed by atoms with Crippen molar-refractivity contribution in [1.29, 1.82) is 0 Å². The van der Waals surface area contributed by atoms with Crippen LogP contribution in [-0.4, -0.2) is 41.1 Å². The van der Waals surface area contributed by atoms with Crippen molar-refractivity contribution in [3.05, 3.63) is 21.3 Å². The van der Waals surface area contributed by atoms with Crippen LogP contribution >= 0.6 is 34.2 Å². The fraction of sp³-hybridized carbons (Fsp3) is 0.778. The van der Waals surface area contributed by atoms with Gasteiger partial charge in [0.1, 0.15) is 0 Å². The lowest BCUT2D eigenvalue weighted by Gasteiger charge is -2.64. The minimum atomic E-state index is -0.428. The highest BCUT2D eigenvalue weighted by atomic mass is 127. The molecule has 0 heterocycles. The first-order chi connectivity index (χ1) is 10.2. The molecule has 124 valence electrons. The van der Waals surface area contributed by atoms with Gasteiger partial charge >= 0.3 is 0 Å². The summed E-state index contributed by atoms with van der Waals surface area (Å²) in [4.78, 5) is 2.38. The van der Waals surface area contributed by atoms with Crippen molar-refractivity contribution < 1.29 is 5.11 Å². The van der Waals surface area contributed by atoms with Crippen LogP contribution in [0.5, 0.6) is 0 Å². The molecule has 3 atom stereocenters. The number of hydrogen-bond donors (Lipinski definition) is 1. The standard InChI is InChI=1S/C18H27ClINO/c1-12-9-13(20)15(22)16(2,10-12)18-7-5-17(6-8-18,21(3)4)11-14(18)19/h9-10,14-15,22H,5-8,11H2,1-4H3. The van der Waals surface area contributed by atoms with Crippen molar-refractivity contribution in [3.8, 4) is 0 Å². The second-order valence-electron chi connectivity index (χ2n) is 8.05. The Balaban J connectivity index is 2.01. The van der Waals surface area contributed by atoms with Crippen molar-refractivity contribution in [2.24, 2.45) is 10.8 Å². The van der Waals surface area contributed by atoms with Gasteiger partial charge in [0.25, 0.3) is 0 Å². The maximum Gasteiger partial charge on any atom is 0.0940 e. The van der Waals surface area contributed by atoms with Crippen molar-refractivity contribution in [1.82, 2.24) is 4.90 Å². The summed E-state index contributed by atoms with van der Waals surface area (Å²) in [5.74, 6) is 0. The van der Waals surface area contributed by atoms with Gasteiger partial charge in [-0.3, -0.25) is 0 Å². The Hall–Kier alpha value is 0.420. The summed E-state index contributed by atoms with van der Waals surface area (Å²) in [5.41, 5.74) is 1.28. The van der Waals surface area contributed by atoms with Crippen LogP contribution < -0.4 is 0 Å². The van der Waals surface area contributed by atoms with E-state index < -0.39 is 6.10 Å². The summed E-state index contributed by atoms with van der Waals surface area (Å²) in [6.45, 7) is 4.37. The van der Waals surface area contributed by atoms with Crippen molar-refractivity contribution in [2.75, 3.05) is 14.1 Å². The third kappa shape index (κ3) is 2.18. The molecule has 4 aliphatic carbocycles. The lowest BCUT2D eigenvalue weighted by Crippen LogP contribution is -2.65. The average molecular weight is 436 g/mol. The van der Waals surface area contributed by atoms with Gasteiger partial charge in [-0.05, 0) is 87.2 Å². The van der Waals surface area contributed by atoms with Crippen LogP contribution in [0.3, 0.4) is 0 Å². The molecule has 22 heavy (non-hydrogen) atoms. The normalized spacial score (nSPS) is 48.4. The molecular formula is C18H27ClINO. The first-order valence-electron chi connectivity index (χ1n) is 8.23. The van der Waals surface area contributed by atoms with Gasteiger partial charge in [-0.2, -0.15) is 0 Å². The monoisotopic (exact) mass is 435 g/mol. The highest BCUT2D eigenvalue weighted by molar-refractivity contribution is 14.1. The third-order valence-corrected chi connectivity index (χ3v) is 8.45. The molecule has 0 saturated heterocycles. The molecule has 1 N–H and O–H groups in total. The Morgan fingerprint density at radius 3 is 2.36 bits per heavy atom. The van der Waals surface area contributed by atoms with Crippen molar-refractivity contribution in [2.45, 2.75) is 63.0 Å². The Bertz CT molecular complexity index is 533. The maximum absolute atomic E-state index is 11.0. The van der Waals surface area contributed by atoms with E-state index in [1.54, 1.807) is 0 Å². The lowest BCUT2D eigenvalue weighted by molar-refractivity contribution is -0.109. The van der Waals surface area contributed by atoms with E-state index in [0.717, 1.165) is 22.8 Å². The molecule has 3 fully saturated rings. The third-order valence-electron chi connectivity index (χ3n) is 6.98. The van der Waals surface area contributed by atoms with E-state index >= 15 is 0 Å². The molecule has 0 radical (unpaired) electrons. The highest BCUT2D eigenvalue weighted by Crippen LogP contribution is 2.66. The van der Waals surface area contributed by atoms with Crippen LogP contribution in [0.25, 0.3) is 0 Å². The molecule has 4 rings (SSSR count). The van der Waals surface area contributed by atoms with Crippen LogP contribution in [0.2, 0.25) is 0 Å².